The highest BCUT2D eigenvalue weighted by Gasteiger charge is 2.34. The van der Waals surface area contributed by atoms with Crippen molar-refractivity contribution in [3.05, 3.63) is 42.4 Å². The molecule has 0 bridgehead atoms. The Hall–Kier alpha value is -2.87. The maximum absolute atomic E-state index is 13.2. The molecule has 7 nitrogen and oxygen atoms in total. The van der Waals surface area contributed by atoms with E-state index in [1.165, 1.54) is 7.11 Å². The first-order chi connectivity index (χ1) is 13.5. The molecular weight excluding hydrogens is 388 g/mol. The summed E-state index contributed by atoms with van der Waals surface area (Å²) in [5, 5.41) is 5.51. The van der Waals surface area contributed by atoms with Crippen LogP contribution in [0.2, 0.25) is 0 Å². The van der Waals surface area contributed by atoms with Crippen molar-refractivity contribution < 1.29 is 13.2 Å². The first-order valence-corrected chi connectivity index (χ1v) is 10.8. The molecule has 0 aliphatic heterocycles. The van der Waals surface area contributed by atoms with Crippen molar-refractivity contribution in [3.63, 3.8) is 0 Å². The van der Waals surface area contributed by atoms with Crippen molar-refractivity contribution in [2.75, 3.05) is 7.11 Å². The number of nitrogens with zero attached hydrogens (tertiary/aromatic N) is 4. The molecule has 0 atom stereocenters. The number of pyridine rings is 1. The lowest BCUT2D eigenvalue weighted by Crippen LogP contribution is -2.28. The molecule has 0 aliphatic rings. The second kappa shape index (κ2) is 6.32. The minimum atomic E-state index is -3.61. The molecule has 4 aromatic rings. The summed E-state index contributed by atoms with van der Waals surface area (Å²) < 4.78 is 34.3. The third-order valence-corrected chi connectivity index (χ3v) is 7.60. The van der Waals surface area contributed by atoms with Crippen molar-refractivity contribution in [1.82, 2.24) is 19.2 Å². The van der Waals surface area contributed by atoms with E-state index in [0.29, 0.717) is 11.4 Å². The van der Waals surface area contributed by atoms with Crippen LogP contribution in [0.1, 0.15) is 26.3 Å². The Morgan fingerprint density at radius 1 is 1.10 bits per heavy atom. The van der Waals surface area contributed by atoms with E-state index in [1.807, 2.05) is 32.3 Å². The van der Waals surface area contributed by atoms with Crippen LogP contribution in [0.3, 0.4) is 0 Å². The summed E-state index contributed by atoms with van der Waals surface area (Å²) in [5.41, 5.74) is 4.36. The highest BCUT2D eigenvalue weighted by molar-refractivity contribution is 7.92. The van der Waals surface area contributed by atoms with Crippen molar-refractivity contribution in [1.29, 1.82) is 0 Å². The number of hydrogen-bond donors (Lipinski definition) is 0. The molecule has 0 N–H and O–H groups in total. The van der Waals surface area contributed by atoms with E-state index in [-0.39, 0.29) is 4.90 Å². The summed E-state index contributed by atoms with van der Waals surface area (Å²) >= 11 is 0. The lowest BCUT2D eigenvalue weighted by molar-refractivity contribution is 0.401. The Kier molecular flexibility index (Phi) is 4.24. The molecule has 29 heavy (non-hydrogen) atoms. The summed E-state index contributed by atoms with van der Waals surface area (Å²) in [5.74, 6) is 0.295. The second-order valence-corrected chi connectivity index (χ2v) is 10.9. The molecule has 152 valence electrons. The molecule has 0 saturated carbocycles. The SMILES string of the molecule is COc1cc2ncc(-c3cc(C)c4nn(C)cc4c3)n2cc1S(=O)(=O)C(C)(C)C. The molecule has 1 aromatic carbocycles. The maximum atomic E-state index is 13.2. The zero-order valence-electron chi connectivity index (χ0n) is 17.4. The lowest BCUT2D eigenvalue weighted by Gasteiger charge is -2.21. The smallest absolute Gasteiger partial charge is 0.188 e. The molecule has 0 amide bonds. The van der Waals surface area contributed by atoms with Crippen molar-refractivity contribution in [3.8, 4) is 17.0 Å². The van der Waals surface area contributed by atoms with Gasteiger partial charge in [-0.3, -0.25) is 9.08 Å². The molecule has 0 aliphatic carbocycles. The van der Waals surface area contributed by atoms with Gasteiger partial charge >= 0.3 is 0 Å². The number of fused-ring (bicyclic) bond motifs is 2. The molecule has 3 heterocycles. The number of aromatic nitrogens is 4. The number of benzene rings is 1. The second-order valence-electron chi connectivity index (χ2n) is 8.23. The predicted octanol–water partition coefficient (Wildman–Crippen LogP) is 3.78. The van der Waals surface area contributed by atoms with Gasteiger partial charge in [0.25, 0.3) is 0 Å². The van der Waals surface area contributed by atoms with Crippen LogP contribution >= 0.6 is 0 Å². The van der Waals surface area contributed by atoms with Gasteiger partial charge in [0.05, 0.1) is 29.3 Å². The highest BCUT2D eigenvalue weighted by atomic mass is 32.2. The average Bonchev–Trinajstić information content (AvgIpc) is 3.22. The Morgan fingerprint density at radius 3 is 2.48 bits per heavy atom. The van der Waals surface area contributed by atoms with E-state index in [4.69, 9.17) is 4.74 Å². The molecule has 0 radical (unpaired) electrons. The van der Waals surface area contributed by atoms with E-state index in [0.717, 1.165) is 27.7 Å². The molecule has 0 saturated heterocycles. The van der Waals surface area contributed by atoms with Crippen LogP contribution in [0.4, 0.5) is 0 Å². The number of imidazole rings is 1. The highest BCUT2D eigenvalue weighted by Crippen LogP contribution is 2.35. The Labute approximate surface area is 169 Å². The number of hydrogen-bond acceptors (Lipinski definition) is 5. The van der Waals surface area contributed by atoms with Crippen molar-refractivity contribution in [2.24, 2.45) is 7.05 Å². The first-order valence-electron chi connectivity index (χ1n) is 9.27. The van der Waals surface area contributed by atoms with Gasteiger partial charge in [0, 0.05) is 36.5 Å². The molecule has 3 aromatic heterocycles. The van der Waals surface area contributed by atoms with E-state index in [2.05, 4.69) is 10.1 Å². The number of aryl methyl sites for hydroxylation is 2. The summed E-state index contributed by atoms with van der Waals surface area (Å²) in [7, 11) is -0.253. The first kappa shape index (κ1) is 19.4. The third-order valence-electron chi connectivity index (χ3n) is 5.10. The molecule has 4 rings (SSSR count). The minimum absolute atomic E-state index is 0.151. The van der Waals surface area contributed by atoms with Crippen LogP contribution < -0.4 is 4.74 Å². The lowest BCUT2D eigenvalue weighted by atomic mass is 10.1. The molecule has 0 fully saturated rings. The van der Waals surface area contributed by atoms with Crippen LogP contribution in [0.5, 0.6) is 5.75 Å². The quantitative estimate of drug-likeness (QED) is 0.512. The fourth-order valence-electron chi connectivity index (χ4n) is 3.47. The van der Waals surface area contributed by atoms with E-state index in [9.17, 15) is 8.42 Å². The van der Waals surface area contributed by atoms with Gasteiger partial charge in [0.2, 0.25) is 0 Å². The Bertz CT molecular complexity index is 1360. The molecular formula is C21H24N4O3S. The average molecular weight is 413 g/mol. The van der Waals surface area contributed by atoms with E-state index >= 15 is 0 Å². The van der Waals surface area contributed by atoms with Crippen LogP contribution in [0, 0.1) is 6.92 Å². The Balaban J connectivity index is 2.00. The van der Waals surface area contributed by atoms with Gasteiger partial charge in [-0.1, -0.05) is 0 Å². The van der Waals surface area contributed by atoms with Gasteiger partial charge in [-0.25, -0.2) is 13.4 Å². The standard InChI is InChI=1S/C21H24N4O3S/c1-13-7-14(8-15-11-24(5)23-20(13)15)16-10-22-19-9-17(28-6)18(12-25(16)19)29(26,27)21(2,3)4/h7-12H,1-6H3. The monoisotopic (exact) mass is 412 g/mol. The zero-order valence-corrected chi connectivity index (χ0v) is 18.2. The van der Waals surface area contributed by atoms with Gasteiger partial charge in [-0.15, -0.1) is 0 Å². The number of ether oxygens (including phenoxy) is 1. The largest absolute Gasteiger partial charge is 0.495 e. The number of rotatable bonds is 3. The van der Waals surface area contributed by atoms with E-state index in [1.54, 1.807) is 48.3 Å². The molecule has 0 spiro atoms. The van der Waals surface area contributed by atoms with Crippen molar-refractivity contribution in [2.45, 2.75) is 37.3 Å². The van der Waals surface area contributed by atoms with Gasteiger partial charge in [-0.05, 0) is 45.4 Å². The Morgan fingerprint density at radius 2 is 1.83 bits per heavy atom. The van der Waals surface area contributed by atoms with Gasteiger partial charge in [-0.2, -0.15) is 5.10 Å². The molecule has 0 unspecified atom stereocenters. The molecule has 8 heteroatoms. The van der Waals surface area contributed by atoms with Crippen LogP contribution in [-0.4, -0.2) is 39.4 Å². The van der Waals surface area contributed by atoms with Crippen LogP contribution in [0.25, 0.3) is 27.8 Å². The van der Waals surface area contributed by atoms with Crippen LogP contribution in [0.15, 0.2) is 41.7 Å². The van der Waals surface area contributed by atoms with Crippen LogP contribution in [-0.2, 0) is 16.9 Å². The number of sulfone groups is 1. The third kappa shape index (κ3) is 2.98. The van der Waals surface area contributed by atoms with Gasteiger partial charge in [0.15, 0.2) is 9.84 Å². The van der Waals surface area contributed by atoms with Crippen molar-refractivity contribution >= 4 is 26.4 Å². The number of methoxy groups -OCH3 is 1. The normalized spacial score (nSPS) is 12.8. The fourth-order valence-corrected chi connectivity index (χ4v) is 4.78. The maximum Gasteiger partial charge on any atom is 0.188 e. The predicted molar refractivity (Wildman–Crippen MR) is 113 cm³/mol. The summed E-state index contributed by atoms with van der Waals surface area (Å²) in [4.78, 5) is 4.62. The minimum Gasteiger partial charge on any atom is -0.495 e. The summed E-state index contributed by atoms with van der Waals surface area (Å²) in [6, 6.07) is 5.75. The zero-order chi connectivity index (χ0) is 21.1. The van der Waals surface area contributed by atoms with Gasteiger partial charge < -0.3 is 4.74 Å². The summed E-state index contributed by atoms with van der Waals surface area (Å²) in [6.07, 6.45) is 5.33. The van der Waals surface area contributed by atoms with E-state index < -0.39 is 14.6 Å². The topological polar surface area (TPSA) is 78.5 Å². The fraction of sp³-hybridized carbons (Fsp3) is 0.333. The summed E-state index contributed by atoms with van der Waals surface area (Å²) in [6.45, 7) is 7.06. The van der Waals surface area contributed by atoms with Gasteiger partial charge in [0.1, 0.15) is 16.3 Å².